The maximum Gasteiger partial charge on any atom is 0.165 e. The van der Waals surface area contributed by atoms with Crippen LogP contribution in [0.25, 0.3) is 11.2 Å². The molecular weight excluding hydrogens is 418 g/mol. The van der Waals surface area contributed by atoms with Gasteiger partial charge in [-0.15, -0.1) is 13.0 Å². The summed E-state index contributed by atoms with van der Waals surface area (Å²) < 4.78 is 20.8. The lowest BCUT2D eigenvalue weighted by molar-refractivity contribution is -0.0670. The van der Waals surface area contributed by atoms with Gasteiger partial charge in [-0.25, -0.2) is 15.0 Å². The van der Waals surface area contributed by atoms with Crippen LogP contribution < -0.4 is 4.90 Å². The molecule has 8 nitrogen and oxygen atoms in total. The van der Waals surface area contributed by atoms with Crippen LogP contribution in [-0.4, -0.2) is 64.6 Å². The van der Waals surface area contributed by atoms with Crippen molar-refractivity contribution in [1.29, 1.82) is 0 Å². The maximum atomic E-state index is 6.42. The van der Waals surface area contributed by atoms with Gasteiger partial charge in [-0.3, -0.25) is 0 Å². The fraction of sp³-hybridized carbons (Fsp3) is 0.400. The second-order valence-electron chi connectivity index (χ2n) is 8.14. The van der Waals surface area contributed by atoms with Gasteiger partial charge < -0.3 is 23.7 Å². The minimum atomic E-state index is -0.323. The number of nitrogens with zero attached hydrogens (tertiary/aromatic N) is 5. The summed E-state index contributed by atoms with van der Waals surface area (Å²) in [5.41, 5.74) is 2.56. The summed E-state index contributed by atoms with van der Waals surface area (Å²) in [4.78, 5) is 15.3. The molecule has 0 N–H and O–H groups in total. The highest BCUT2D eigenvalue weighted by Gasteiger charge is 2.45. The van der Waals surface area contributed by atoms with Crippen molar-refractivity contribution in [3.8, 4) is 12.3 Å². The van der Waals surface area contributed by atoms with Crippen molar-refractivity contribution in [2.75, 3.05) is 25.6 Å². The molecule has 0 saturated carbocycles. The first-order chi connectivity index (χ1) is 16.1. The molecule has 4 rings (SSSR count). The van der Waals surface area contributed by atoms with Gasteiger partial charge in [0.15, 0.2) is 17.0 Å². The summed E-state index contributed by atoms with van der Waals surface area (Å²) in [6.07, 6.45) is 10.1. The first kappa shape index (κ1) is 22.9. The van der Waals surface area contributed by atoms with Gasteiger partial charge in [-0.1, -0.05) is 42.3 Å². The van der Waals surface area contributed by atoms with Crippen LogP contribution >= 0.6 is 0 Å². The number of aromatic nitrogens is 4. The number of ether oxygens (including phenoxy) is 3. The lowest BCUT2D eigenvalue weighted by atomic mass is 10.0. The Bertz CT molecular complexity index is 1110. The van der Waals surface area contributed by atoms with E-state index in [1.807, 2.05) is 60.0 Å². The largest absolute Gasteiger partial charge is 0.368 e. The van der Waals surface area contributed by atoms with Gasteiger partial charge in [-0.05, 0) is 12.0 Å². The van der Waals surface area contributed by atoms with E-state index < -0.39 is 0 Å². The van der Waals surface area contributed by atoms with Crippen LogP contribution in [0.15, 0.2) is 55.6 Å². The van der Waals surface area contributed by atoms with Gasteiger partial charge in [-0.2, -0.15) is 0 Å². The van der Waals surface area contributed by atoms with Crippen molar-refractivity contribution in [2.24, 2.45) is 0 Å². The number of anilines is 1. The average Bonchev–Trinajstić information content (AvgIpc) is 3.38. The van der Waals surface area contributed by atoms with Crippen molar-refractivity contribution in [3.63, 3.8) is 0 Å². The van der Waals surface area contributed by atoms with Crippen molar-refractivity contribution in [2.45, 2.75) is 44.0 Å². The van der Waals surface area contributed by atoms with Gasteiger partial charge in [0.05, 0.1) is 25.6 Å². The van der Waals surface area contributed by atoms with Crippen LogP contribution in [-0.2, 0) is 27.4 Å². The molecule has 1 fully saturated rings. The van der Waals surface area contributed by atoms with Gasteiger partial charge in [0.2, 0.25) is 0 Å². The van der Waals surface area contributed by atoms with E-state index in [1.165, 1.54) is 0 Å². The molecule has 0 amide bonds. The molecule has 172 valence electrons. The van der Waals surface area contributed by atoms with E-state index in [2.05, 4.69) is 27.5 Å². The van der Waals surface area contributed by atoms with E-state index >= 15 is 0 Å². The predicted molar refractivity (Wildman–Crippen MR) is 127 cm³/mol. The zero-order valence-electron chi connectivity index (χ0n) is 19.0. The van der Waals surface area contributed by atoms with Gasteiger partial charge >= 0.3 is 0 Å². The summed E-state index contributed by atoms with van der Waals surface area (Å²) >= 11 is 0. The number of fused-ring (bicyclic) bond motifs is 1. The Morgan fingerprint density at radius 2 is 1.94 bits per heavy atom. The molecule has 0 unspecified atom stereocenters. The minimum absolute atomic E-state index is 0.188. The highest BCUT2D eigenvalue weighted by Crippen LogP contribution is 2.31. The lowest BCUT2D eigenvalue weighted by Gasteiger charge is -2.24. The topological polar surface area (TPSA) is 74.5 Å². The third-order valence-electron chi connectivity index (χ3n) is 5.63. The Balaban J connectivity index is 1.61. The summed E-state index contributed by atoms with van der Waals surface area (Å²) in [6.45, 7) is 5.01. The van der Waals surface area contributed by atoms with Gasteiger partial charge in [0.25, 0.3) is 0 Å². The standard InChI is InChI=1S/C25H29N5O3/c1-5-10-19-22(31-13-6-2)23(32-15-18-11-8-7-9-12-18)20(33-19)14-30-17-28-21-24(29(3)4)26-16-27-25(21)30/h2,5,7-9,11-12,16-17,19-20,22-23H,1,10,13-15H2,3-4H3/t19-,20+,22+,23-/m0/s1. The van der Waals surface area contributed by atoms with Crippen LogP contribution in [0.3, 0.4) is 0 Å². The van der Waals surface area contributed by atoms with Crippen LogP contribution in [0.5, 0.6) is 0 Å². The number of benzene rings is 1. The first-order valence-corrected chi connectivity index (χ1v) is 10.9. The molecule has 1 aliphatic heterocycles. The van der Waals surface area contributed by atoms with Gasteiger partial charge in [0, 0.05) is 14.1 Å². The molecule has 0 bridgehead atoms. The van der Waals surface area contributed by atoms with Crippen LogP contribution in [0.1, 0.15) is 12.0 Å². The first-order valence-electron chi connectivity index (χ1n) is 10.9. The molecule has 0 spiro atoms. The summed E-state index contributed by atoms with van der Waals surface area (Å²) in [5.74, 6) is 3.32. The molecule has 4 atom stereocenters. The third-order valence-corrected chi connectivity index (χ3v) is 5.63. The fourth-order valence-corrected chi connectivity index (χ4v) is 4.14. The van der Waals surface area contributed by atoms with Crippen LogP contribution in [0, 0.1) is 12.3 Å². The van der Waals surface area contributed by atoms with E-state index in [0.717, 1.165) is 22.5 Å². The quantitative estimate of drug-likeness (QED) is 0.349. The van der Waals surface area contributed by atoms with Crippen molar-refractivity contribution >= 4 is 17.0 Å². The molecule has 1 saturated heterocycles. The molecular formula is C25H29N5O3. The Morgan fingerprint density at radius 3 is 2.67 bits per heavy atom. The Labute approximate surface area is 194 Å². The Kier molecular flexibility index (Phi) is 7.35. The summed E-state index contributed by atoms with van der Waals surface area (Å²) in [5, 5.41) is 0. The highest BCUT2D eigenvalue weighted by molar-refractivity contribution is 5.82. The SMILES string of the molecule is C#CCO[C@H]1[C@@H](OCc2ccccc2)[C@@H](Cn2cnc3c(N(C)C)ncnc32)O[C@H]1CC=C. The monoisotopic (exact) mass is 447 g/mol. The molecule has 1 aromatic carbocycles. The molecule has 3 aromatic rings. The molecule has 3 heterocycles. The number of rotatable bonds is 10. The third kappa shape index (κ3) is 5.06. The molecule has 8 heteroatoms. The van der Waals surface area contributed by atoms with Crippen molar-refractivity contribution in [3.05, 3.63) is 61.2 Å². The zero-order chi connectivity index (χ0) is 23.2. The van der Waals surface area contributed by atoms with E-state index in [-0.39, 0.29) is 31.0 Å². The van der Waals surface area contributed by atoms with E-state index in [1.54, 1.807) is 12.7 Å². The smallest absolute Gasteiger partial charge is 0.165 e. The second kappa shape index (κ2) is 10.6. The van der Waals surface area contributed by atoms with Crippen LogP contribution in [0.2, 0.25) is 0 Å². The summed E-state index contributed by atoms with van der Waals surface area (Å²) in [6, 6.07) is 10.0. The summed E-state index contributed by atoms with van der Waals surface area (Å²) in [7, 11) is 3.86. The van der Waals surface area contributed by atoms with Crippen molar-refractivity contribution < 1.29 is 14.2 Å². The fourth-order valence-electron chi connectivity index (χ4n) is 4.14. The normalized spacial score (nSPS) is 22.3. The lowest BCUT2D eigenvalue weighted by Crippen LogP contribution is -2.39. The average molecular weight is 448 g/mol. The molecule has 2 aromatic heterocycles. The van der Waals surface area contributed by atoms with Crippen LogP contribution in [0.4, 0.5) is 5.82 Å². The zero-order valence-corrected chi connectivity index (χ0v) is 19.0. The number of hydrogen-bond donors (Lipinski definition) is 0. The van der Waals surface area contributed by atoms with Gasteiger partial charge in [0.1, 0.15) is 31.2 Å². The number of hydrogen-bond acceptors (Lipinski definition) is 7. The number of imidazole rings is 1. The Hall–Kier alpha value is -3.25. The molecule has 33 heavy (non-hydrogen) atoms. The maximum absolute atomic E-state index is 6.42. The Morgan fingerprint density at radius 1 is 1.15 bits per heavy atom. The number of terminal acetylenes is 1. The predicted octanol–water partition coefficient (Wildman–Crippen LogP) is 2.84. The van der Waals surface area contributed by atoms with Crippen molar-refractivity contribution in [1.82, 2.24) is 19.5 Å². The molecule has 0 radical (unpaired) electrons. The molecule has 0 aliphatic carbocycles. The van der Waals surface area contributed by atoms with E-state index in [0.29, 0.717) is 19.6 Å². The highest BCUT2D eigenvalue weighted by atomic mass is 16.6. The van der Waals surface area contributed by atoms with E-state index in [9.17, 15) is 0 Å². The van der Waals surface area contributed by atoms with E-state index in [4.69, 9.17) is 20.6 Å². The minimum Gasteiger partial charge on any atom is -0.368 e. The molecule has 1 aliphatic rings. The second-order valence-corrected chi connectivity index (χ2v) is 8.14.